The molecule has 0 nitrogen and oxygen atoms in total. The van der Waals surface area contributed by atoms with E-state index in [1.165, 1.54) is 27.8 Å². The molecular formula is C18H20. The van der Waals surface area contributed by atoms with E-state index in [-0.39, 0.29) is 0 Å². The zero-order valence-electron chi connectivity index (χ0n) is 11.4. The zero-order chi connectivity index (χ0) is 13.0. The largest absolute Gasteiger partial charge is 0.0622 e. The van der Waals surface area contributed by atoms with Gasteiger partial charge in [-0.3, -0.25) is 0 Å². The maximum absolute atomic E-state index is 2.22. The molecule has 0 saturated carbocycles. The zero-order valence-corrected chi connectivity index (χ0v) is 11.4. The van der Waals surface area contributed by atoms with Gasteiger partial charge in [0.15, 0.2) is 0 Å². The number of hydrogen-bond donors (Lipinski definition) is 0. The average Bonchev–Trinajstić information content (AvgIpc) is 2.42. The molecule has 0 fully saturated rings. The van der Waals surface area contributed by atoms with Crippen molar-refractivity contribution in [1.29, 1.82) is 0 Å². The molecule has 0 spiro atoms. The van der Waals surface area contributed by atoms with Crippen LogP contribution in [0.5, 0.6) is 0 Å². The fourth-order valence-corrected chi connectivity index (χ4v) is 2.30. The van der Waals surface area contributed by atoms with Crippen LogP contribution >= 0.6 is 0 Å². The monoisotopic (exact) mass is 236 g/mol. The second kappa shape index (κ2) is 5.68. The first-order valence-corrected chi connectivity index (χ1v) is 6.54. The van der Waals surface area contributed by atoms with Gasteiger partial charge < -0.3 is 0 Å². The van der Waals surface area contributed by atoms with Crippen LogP contribution in [0, 0.1) is 6.92 Å². The smallest absolute Gasteiger partial charge is 0.0222 e. The van der Waals surface area contributed by atoms with E-state index < -0.39 is 0 Å². The van der Waals surface area contributed by atoms with Gasteiger partial charge in [0.1, 0.15) is 0 Å². The molecule has 0 heterocycles. The number of rotatable bonds is 3. The summed E-state index contributed by atoms with van der Waals surface area (Å²) in [5, 5.41) is 0. The van der Waals surface area contributed by atoms with Gasteiger partial charge in [0, 0.05) is 0 Å². The quantitative estimate of drug-likeness (QED) is 0.631. The summed E-state index contributed by atoms with van der Waals surface area (Å²) in [5.41, 5.74) is 6.77. The van der Waals surface area contributed by atoms with Crippen LogP contribution in [-0.4, -0.2) is 0 Å². The summed E-state index contributed by atoms with van der Waals surface area (Å²) in [6, 6.07) is 19.4. The minimum atomic E-state index is 1.06. The first-order chi connectivity index (χ1) is 8.72. The molecule has 0 amide bonds. The molecule has 0 unspecified atom stereocenters. The van der Waals surface area contributed by atoms with Crippen molar-refractivity contribution >= 4 is 11.1 Å². The minimum absolute atomic E-state index is 1.06. The molecule has 2 aromatic carbocycles. The Morgan fingerprint density at radius 2 is 1.44 bits per heavy atom. The molecule has 0 atom stereocenters. The molecule has 0 saturated heterocycles. The molecule has 0 aliphatic carbocycles. The van der Waals surface area contributed by atoms with Gasteiger partial charge >= 0.3 is 0 Å². The molecule has 18 heavy (non-hydrogen) atoms. The number of aryl methyl sites for hydroxylation is 1. The van der Waals surface area contributed by atoms with Gasteiger partial charge in [0.25, 0.3) is 0 Å². The number of hydrogen-bond acceptors (Lipinski definition) is 0. The predicted molar refractivity (Wildman–Crippen MR) is 80.4 cm³/mol. The highest BCUT2D eigenvalue weighted by atomic mass is 14.1. The Morgan fingerprint density at radius 1 is 0.833 bits per heavy atom. The Morgan fingerprint density at radius 3 is 2.00 bits per heavy atom. The fourth-order valence-electron chi connectivity index (χ4n) is 2.30. The summed E-state index contributed by atoms with van der Waals surface area (Å²) in [5.74, 6) is 0. The number of allylic oxidation sites excluding steroid dienone is 2. The van der Waals surface area contributed by atoms with Gasteiger partial charge in [-0.1, -0.05) is 67.1 Å². The van der Waals surface area contributed by atoms with E-state index in [4.69, 9.17) is 0 Å². The van der Waals surface area contributed by atoms with E-state index in [0.717, 1.165) is 6.42 Å². The third kappa shape index (κ3) is 2.70. The topological polar surface area (TPSA) is 0 Å². The van der Waals surface area contributed by atoms with Crippen LogP contribution in [0.1, 0.15) is 37.0 Å². The van der Waals surface area contributed by atoms with Gasteiger partial charge in [0.2, 0.25) is 0 Å². The molecule has 0 heteroatoms. The van der Waals surface area contributed by atoms with Gasteiger partial charge in [-0.15, -0.1) is 0 Å². The highest BCUT2D eigenvalue weighted by Gasteiger charge is 2.05. The highest BCUT2D eigenvalue weighted by molar-refractivity contribution is 5.89. The van der Waals surface area contributed by atoms with E-state index in [1.807, 2.05) is 0 Å². The maximum Gasteiger partial charge on any atom is -0.0222 e. The van der Waals surface area contributed by atoms with Crippen LogP contribution in [-0.2, 0) is 0 Å². The summed E-state index contributed by atoms with van der Waals surface area (Å²) in [7, 11) is 0. The maximum atomic E-state index is 2.22. The Labute approximate surface area is 110 Å². The second-order valence-electron chi connectivity index (χ2n) is 4.69. The van der Waals surface area contributed by atoms with Gasteiger partial charge in [-0.2, -0.15) is 0 Å². The van der Waals surface area contributed by atoms with E-state index in [2.05, 4.69) is 75.4 Å². The van der Waals surface area contributed by atoms with Crippen molar-refractivity contribution in [2.24, 2.45) is 0 Å². The van der Waals surface area contributed by atoms with Crippen molar-refractivity contribution in [2.45, 2.75) is 27.2 Å². The van der Waals surface area contributed by atoms with Gasteiger partial charge in [0.05, 0.1) is 0 Å². The van der Waals surface area contributed by atoms with Crippen LogP contribution in [0.4, 0.5) is 0 Å². The Balaban J connectivity index is 2.47. The molecule has 0 aromatic heterocycles. The summed E-state index contributed by atoms with van der Waals surface area (Å²) in [6.45, 7) is 6.57. The molecule has 92 valence electrons. The van der Waals surface area contributed by atoms with Crippen LogP contribution in [0.25, 0.3) is 11.1 Å². The van der Waals surface area contributed by atoms with Crippen molar-refractivity contribution in [1.82, 2.24) is 0 Å². The van der Waals surface area contributed by atoms with Crippen LogP contribution < -0.4 is 0 Å². The van der Waals surface area contributed by atoms with E-state index in [9.17, 15) is 0 Å². The minimum Gasteiger partial charge on any atom is -0.0622 e. The molecule has 2 aromatic rings. The van der Waals surface area contributed by atoms with Crippen LogP contribution in [0.2, 0.25) is 0 Å². The van der Waals surface area contributed by atoms with E-state index in [1.54, 1.807) is 0 Å². The molecular weight excluding hydrogens is 216 g/mol. The Bertz CT molecular complexity index is 530. The first-order valence-electron chi connectivity index (χ1n) is 6.54. The molecule has 0 aliphatic heterocycles. The van der Waals surface area contributed by atoms with Crippen molar-refractivity contribution in [3.8, 4) is 0 Å². The standard InChI is InChI=1S/C18H20/c1-4-18(17-12-10-14(2)11-13-17)15(3)16-8-6-5-7-9-16/h5-13H,4H2,1-3H3/b18-15+. The average molecular weight is 236 g/mol. The number of benzene rings is 2. The van der Waals surface area contributed by atoms with E-state index >= 15 is 0 Å². The van der Waals surface area contributed by atoms with E-state index in [0.29, 0.717) is 0 Å². The van der Waals surface area contributed by atoms with Crippen molar-refractivity contribution in [2.75, 3.05) is 0 Å². The Hall–Kier alpha value is -1.82. The lowest BCUT2D eigenvalue weighted by Gasteiger charge is -2.11. The van der Waals surface area contributed by atoms with Crippen LogP contribution in [0.15, 0.2) is 54.6 Å². The molecule has 0 aliphatic rings. The lowest BCUT2D eigenvalue weighted by atomic mass is 9.93. The summed E-state index contributed by atoms with van der Waals surface area (Å²) < 4.78 is 0. The third-order valence-corrected chi connectivity index (χ3v) is 3.41. The normalized spacial score (nSPS) is 12.2. The summed E-state index contributed by atoms with van der Waals surface area (Å²) >= 11 is 0. The lowest BCUT2D eigenvalue weighted by molar-refractivity contribution is 1.23. The summed E-state index contributed by atoms with van der Waals surface area (Å²) in [4.78, 5) is 0. The first kappa shape index (κ1) is 12.6. The lowest BCUT2D eigenvalue weighted by Crippen LogP contribution is -1.89. The van der Waals surface area contributed by atoms with Crippen molar-refractivity contribution in [3.05, 3.63) is 71.3 Å². The third-order valence-electron chi connectivity index (χ3n) is 3.41. The van der Waals surface area contributed by atoms with Gasteiger partial charge in [-0.25, -0.2) is 0 Å². The van der Waals surface area contributed by atoms with Gasteiger partial charge in [-0.05, 0) is 42.5 Å². The fraction of sp³-hybridized carbons (Fsp3) is 0.222. The highest BCUT2D eigenvalue weighted by Crippen LogP contribution is 2.28. The Kier molecular flexibility index (Phi) is 3.99. The molecule has 0 bridgehead atoms. The molecule has 0 radical (unpaired) electrons. The molecule has 2 rings (SSSR count). The van der Waals surface area contributed by atoms with Crippen molar-refractivity contribution in [3.63, 3.8) is 0 Å². The summed E-state index contributed by atoms with van der Waals surface area (Å²) in [6.07, 6.45) is 1.06. The molecule has 0 N–H and O–H groups in total. The van der Waals surface area contributed by atoms with Crippen molar-refractivity contribution < 1.29 is 0 Å². The predicted octanol–water partition coefficient (Wildman–Crippen LogP) is 5.34. The van der Waals surface area contributed by atoms with Crippen LogP contribution in [0.3, 0.4) is 0 Å². The second-order valence-corrected chi connectivity index (χ2v) is 4.69. The SMILES string of the molecule is CC/C(=C(/C)c1ccccc1)c1ccc(C)cc1.